The summed E-state index contributed by atoms with van der Waals surface area (Å²) in [6, 6.07) is 6.02. The molecular weight excluding hydrogens is 222 g/mol. The summed E-state index contributed by atoms with van der Waals surface area (Å²) in [6.07, 6.45) is 1.84. The maximum absolute atomic E-state index is 4.33. The van der Waals surface area contributed by atoms with Gasteiger partial charge in [-0.05, 0) is 25.6 Å². The van der Waals surface area contributed by atoms with E-state index in [1.54, 1.807) is 0 Å². The number of hydrogen-bond acceptors (Lipinski definition) is 3. The lowest BCUT2D eigenvalue weighted by Crippen LogP contribution is -2.32. The lowest BCUT2D eigenvalue weighted by Gasteiger charge is -2.21. The van der Waals surface area contributed by atoms with Crippen molar-refractivity contribution in [1.29, 1.82) is 0 Å². The number of anilines is 1. The smallest absolute Gasteiger partial charge is 0.128 e. The van der Waals surface area contributed by atoms with Crippen LogP contribution >= 0.6 is 0 Å². The van der Waals surface area contributed by atoms with E-state index in [0.717, 1.165) is 32.0 Å². The van der Waals surface area contributed by atoms with Gasteiger partial charge in [-0.15, -0.1) is 0 Å². The maximum atomic E-state index is 4.33. The molecule has 0 unspecified atom stereocenters. The van der Waals surface area contributed by atoms with Gasteiger partial charge in [-0.3, -0.25) is 0 Å². The van der Waals surface area contributed by atoms with Gasteiger partial charge in [0.25, 0.3) is 0 Å². The average Bonchev–Trinajstić information content (AvgIpc) is 2.49. The Morgan fingerprint density at radius 2 is 1.78 bits per heavy atom. The quantitative estimate of drug-likeness (QED) is 0.786. The van der Waals surface area contributed by atoms with Crippen LogP contribution in [0.25, 0.3) is 0 Å². The summed E-state index contributed by atoms with van der Waals surface area (Å²) in [5, 5.41) is 3.31. The summed E-state index contributed by atoms with van der Waals surface area (Å²) in [5.74, 6) is 1.06. The van der Waals surface area contributed by atoms with Gasteiger partial charge >= 0.3 is 0 Å². The van der Waals surface area contributed by atoms with Gasteiger partial charge in [-0.1, -0.05) is 40.7 Å². The van der Waals surface area contributed by atoms with E-state index in [-0.39, 0.29) is 0 Å². The highest BCUT2D eigenvalue weighted by Crippen LogP contribution is 2.07. The summed E-state index contributed by atoms with van der Waals surface area (Å²) >= 11 is 0. The molecule has 1 aromatic rings. The molecule has 1 aromatic heterocycles. The molecular formula is C15H31N3. The molecule has 3 heteroatoms. The molecule has 0 saturated heterocycles. The van der Waals surface area contributed by atoms with Gasteiger partial charge in [-0.2, -0.15) is 0 Å². The van der Waals surface area contributed by atoms with Crippen LogP contribution in [0.3, 0.4) is 0 Å². The molecule has 1 rings (SSSR count). The number of likely N-dealkylation sites (N-methyl/N-ethyl adjacent to an activating group) is 2. The highest BCUT2D eigenvalue weighted by Gasteiger charge is 2.02. The molecule has 0 amide bonds. The van der Waals surface area contributed by atoms with Crippen molar-refractivity contribution >= 4 is 5.82 Å². The highest BCUT2D eigenvalue weighted by atomic mass is 15.2. The van der Waals surface area contributed by atoms with E-state index in [9.17, 15) is 0 Å². The van der Waals surface area contributed by atoms with Crippen LogP contribution in [0.1, 0.15) is 41.5 Å². The molecule has 0 aliphatic heterocycles. The Hall–Kier alpha value is -1.09. The summed E-state index contributed by atoms with van der Waals surface area (Å²) < 4.78 is 0. The third kappa shape index (κ3) is 8.99. The van der Waals surface area contributed by atoms with Gasteiger partial charge in [0.15, 0.2) is 0 Å². The SMILES string of the molecule is CC.CC.CCNCCN(CC)c1ccccn1. The Kier molecular flexibility index (Phi) is 17.0. The van der Waals surface area contributed by atoms with Crippen LogP contribution in [-0.4, -0.2) is 31.2 Å². The predicted octanol–water partition coefficient (Wildman–Crippen LogP) is 3.57. The summed E-state index contributed by atoms with van der Waals surface area (Å²) in [7, 11) is 0. The van der Waals surface area contributed by atoms with Crippen molar-refractivity contribution < 1.29 is 0 Å². The van der Waals surface area contributed by atoms with Crippen molar-refractivity contribution in [3.05, 3.63) is 24.4 Å². The molecule has 3 nitrogen and oxygen atoms in total. The van der Waals surface area contributed by atoms with Crippen LogP contribution in [0.4, 0.5) is 5.82 Å². The Morgan fingerprint density at radius 1 is 1.11 bits per heavy atom. The van der Waals surface area contributed by atoms with Crippen LogP contribution < -0.4 is 10.2 Å². The lowest BCUT2D eigenvalue weighted by molar-refractivity contribution is 0.684. The second-order valence-electron chi connectivity index (χ2n) is 3.12. The molecule has 0 fully saturated rings. The van der Waals surface area contributed by atoms with Crippen molar-refractivity contribution in [3.8, 4) is 0 Å². The fourth-order valence-corrected chi connectivity index (χ4v) is 1.37. The number of nitrogens with one attached hydrogen (secondary N) is 1. The van der Waals surface area contributed by atoms with E-state index in [1.165, 1.54) is 0 Å². The van der Waals surface area contributed by atoms with Gasteiger partial charge in [0.1, 0.15) is 5.82 Å². The zero-order valence-electron chi connectivity index (χ0n) is 13.0. The second kappa shape index (κ2) is 15.9. The first kappa shape index (κ1) is 19.3. The molecule has 0 aliphatic carbocycles. The number of pyridine rings is 1. The zero-order chi connectivity index (χ0) is 14.2. The van der Waals surface area contributed by atoms with E-state index < -0.39 is 0 Å². The summed E-state index contributed by atoms with van der Waals surface area (Å²) in [5.41, 5.74) is 0. The third-order valence-corrected chi connectivity index (χ3v) is 2.16. The molecule has 1 N–H and O–H groups in total. The van der Waals surface area contributed by atoms with E-state index in [1.807, 2.05) is 46.0 Å². The minimum Gasteiger partial charge on any atom is -0.356 e. The Balaban J connectivity index is 0. The van der Waals surface area contributed by atoms with Crippen LogP contribution in [-0.2, 0) is 0 Å². The third-order valence-electron chi connectivity index (χ3n) is 2.16. The highest BCUT2D eigenvalue weighted by molar-refractivity contribution is 5.37. The fraction of sp³-hybridized carbons (Fsp3) is 0.667. The largest absolute Gasteiger partial charge is 0.356 e. The minimum absolute atomic E-state index is 1.00. The molecule has 0 saturated carbocycles. The lowest BCUT2D eigenvalue weighted by atomic mass is 10.4. The van der Waals surface area contributed by atoms with Crippen LogP contribution in [0.15, 0.2) is 24.4 Å². The Morgan fingerprint density at radius 3 is 2.22 bits per heavy atom. The number of rotatable bonds is 6. The van der Waals surface area contributed by atoms with Crippen molar-refractivity contribution in [3.63, 3.8) is 0 Å². The fourth-order valence-electron chi connectivity index (χ4n) is 1.37. The molecule has 0 bridgehead atoms. The molecule has 18 heavy (non-hydrogen) atoms. The normalized spacial score (nSPS) is 8.56. The first-order chi connectivity index (χ1) is 8.88. The van der Waals surface area contributed by atoms with Crippen molar-refractivity contribution in [2.45, 2.75) is 41.5 Å². The van der Waals surface area contributed by atoms with Crippen molar-refractivity contribution in [2.75, 3.05) is 31.1 Å². The maximum Gasteiger partial charge on any atom is 0.128 e. The van der Waals surface area contributed by atoms with E-state index >= 15 is 0 Å². The standard InChI is InChI=1S/C11H19N3.2C2H6/c1-3-12-9-10-14(4-2)11-7-5-6-8-13-11;2*1-2/h5-8,12H,3-4,9-10H2,1-2H3;2*1-2H3. The van der Waals surface area contributed by atoms with E-state index in [2.05, 4.69) is 35.1 Å². The predicted molar refractivity (Wildman–Crippen MR) is 83.4 cm³/mol. The summed E-state index contributed by atoms with van der Waals surface area (Å²) in [4.78, 5) is 6.59. The first-order valence-electron chi connectivity index (χ1n) is 7.25. The molecule has 0 atom stereocenters. The minimum atomic E-state index is 1.00. The van der Waals surface area contributed by atoms with Crippen molar-refractivity contribution in [1.82, 2.24) is 10.3 Å². The van der Waals surface area contributed by atoms with E-state index in [4.69, 9.17) is 0 Å². The number of nitrogens with zero attached hydrogens (tertiary/aromatic N) is 2. The molecule has 0 spiro atoms. The van der Waals surface area contributed by atoms with Crippen LogP contribution in [0.5, 0.6) is 0 Å². The second-order valence-corrected chi connectivity index (χ2v) is 3.12. The van der Waals surface area contributed by atoms with Crippen LogP contribution in [0, 0.1) is 0 Å². The first-order valence-corrected chi connectivity index (χ1v) is 7.25. The number of hydrogen-bond donors (Lipinski definition) is 1. The molecule has 0 aromatic carbocycles. The Bertz CT molecular complexity index is 237. The van der Waals surface area contributed by atoms with Crippen molar-refractivity contribution in [2.24, 2.45) is 0 Å². The summed E-state index contributed by atoms with van der Waals surface area (Å²) in [6.45, 7) is 16.3. The molecule has 0 radical (unpaired) electrons. The van der Waals surface area contributed by atoms with Gasteiger partial charge < -0.3 is 10.2 Å². The van der Waals surface area contributed by atoms with E-state index in [0.29, 0.717) is 0 Å². The zero-order valence-corrected chi connectivity index (χ0v) is 13.0. The van der Waals surface area contributed by atoms with Crippen LogP contribution in [0.2, 0.25) is 0 Å². The topological polar surface area (TPSA) is 28.2 Å². The van der Waals surface area contributed by atoms with Gasteiger partial charge in [-0.25, -0.2) is 4.98 Å². The number of aromatic nitrogens is 1. The molecule has 1 heterocycles. The van der Waals surface area contributed by atoms with Gasteiger partial charge in [0.05, 0.1) is 0 Å². The van der Waals surface area contributed by atoms with Gasteiger partial charge in [0, 0.05) is 25.8 Å². The van der Waals surface area contributed by atoms with Gasteiger partial charge in [0.2, 0.25) is 0 Å². The average molecular weight is 253 g/mol. The monoisotopic (exact) mass is 253 g/mol. The Labute approximate surface area is 114 Å². The molecule has 0 aliphatic rings. The molecule has 106 valence electrons.